The number of hydrogen-bond acceptors (Lipinski definition) is 5. The van der Waals surface area contributed by atoms with Crippen molar-refractivity contribution in [1.29, 1.82) is 0 Å². The maximum absolute atomic E-state index is 10.7. The summed E-state index contributed by atoms with van der Waals surface area (Å²) in [4.78, 5) is 10.7. The van der Waals surface area contributed by atoms with Gasteiger partial charge in [-0.25, -0.2) is 0 Å². The number of fused-ring (bicyclic) bond motifs is 1. The van der Waals surface area contributed by atoms with Crippen molar-refractivity contribution in [3.8, 4) is 0 Å². The van der Waals surface area contributed by atoms with Crippen molar-refractivity contribution in [3.63, 3.8) is 0 Å². The molecule has 4 unspecified atom stereocenters. The zero-order chi connectivity index (χ0) is 9.42. The van der Waals surface area contributed by atoms with Crippen LogP contribution < -0.4 is 0 Å². The predicted molar refractivity (Wildman–Crippen MR) is 40.7 cm³/mol. The maximum atomic E-state index is 10.7. The van der Waals surface area contributed by atoms with Gasteiger partial charge in [-0.15, -0.1) is 0 Å². The fourth-order valence-corrected chi connectivity index (χ4v) is 1.58. The molecule has 2 aliphatic heterocycles. The Labute approximate surface area is 75.9 Å². The van der Waals surface area contributed by atoms with Gasteiger partial charge < -0.3 is 18.9 Å². The van der Waals surface area contributed by atoms with Gasteiger partial charge in [0, 0.05) is 6.92 Å². The van der Waals surface area contributed by atoms with E-state index in [1.165, 1.54) is 6.92 Å². The van der Waals surface area contributed by atoms with E-state index in [-0.39, 0.29) is 30.8 Å². The van der Waals surface area contributed by atoms with E-state index in [0.29, 0.717) is 6.61 Å². The first kappa shape index (κ1) is 8.93. The molecule has 0 aromatic rings. The molecular weight excluding hydrogens is 176 g/mol. The summed E-state index contributed by atoms with van der Waals surface area (Å²) in [5.41, 5.74) is 0. The zero-order valence-electron chi connectivity index (χ0n) is 7.56. The monoisotopic (exact) mass is 188 g/mol. The number of esters is 1. The summed E-state index contributed by atoms with van der Waals surface area (Å²) >= 11 is 0. The minimum absolute atomic E-state index is 0.265. The van der Waals surface area contributed by atoms with Crippen LogP contribution in [0.1, 0.15) is 13.8 Å². The van der Waals surface area contributed by atoms with Crippen LogP contribution in [0.15, 0.2) is 0 Å². The molecule has 0 N–H and O–H groups in total. The molecule has 0 radical (unpaired) electrons. The fourth-order valence-electron chi connectivity index (χ4n) is 1.58. The third-order valence-corrected chi connectivity index (χ3v) is 2.05. The van der Waals surface area contributed by atoms with E-state index < -0.39 is 0 Å². The van der Waals surface area contributed by atoms with E-state index in [9.17, 15) is 4.79 Å². The van der Waals surface area contributed by atoms with Crippen LogP contribution in [-0.4, -0.2) is 37.4 Å². The lowest BCUT2D eigenvalue weighted by Crippen LogP contribution is -2.31. The first-order chi connectivity index (χ1) is 6.16. The molecule has 2 aliphatic rings. The Morgan fingerprint density at radius 1 is 1.46 bits per heavy atom. The Hall–Kier alpha value is -0.650. The Balaban J connectivity index is 1.96. The average molecular weight is 188 g/mol. The lowest BCUT2D eigenvalue weighted by atomic mass is 10.2. The highest BCUT2D eigenvalue weighted by Crippen LogP contribution is 2.29. The second-order valence-corrected chi connectivity index (χ2v) is 3.15. The van der Waals surface area contributed by atoms with Gasteiger partial charge in [0.05, 0.1) is 6.61 Å². The van der Waals surface area contributed by atoms with Crippen LogP contribution in [0, 0.1) is 0 Å². The van der Waals surface area contributed by atoms with E-state index in [0.717, 1.165) is 0 Å². The molecule has 0 aromatic carbocycles. The van der Waals surface area contributed by atoms with Crippen LogP contribution in [0.25, 0.3) is 0 Å². The third-order valence-electron chi connectivity index (χ3n) is 2.05. The predicted octanol–water partition coefficient (Wildman–Crippen LogP) is 0.0358. The first-order valence-corrected chi connectivity index (χ1v) is 4.26. The third kappa shape index (κ3) is 1.67. The molecule has 74 valence electrons. The minimum atomic E-state index is -0.376. The lowest BCUT2D eigenvalue weighted by Gasteiger charge is -2.14. The van der Waals surface area contributed by atoms with Gasteiger partial charge in [-0.05, 0) is 6.92 Å². The van der Waals surface area contributed by atoms with E-state index >= 15 is 0 Å². The first-order valence-electron chi connectivity index (χ1n) is 4.26. The molecular formula is C8H12O5. The Morgan fingerprint density at radius 3 is 2.92 bits per heavy atom. The summed E-state index contributed by atoms with van der Waals surface area (Å²) in [5.74, 6) is -0.322. The highest BCUT2D eigenvalue weighted by atomic mass is 16.8. The smallest absolute Gasteiger partial charge is 0.303 e. The molecule has 0 bridgehead atoms. The molecule has 2 fully saturated rings. The summed E-state index contributed by atoms with van der Waals surface area (Å²) < 4.78 is 20.9. The van der Waals surface area contributed by atoms with Crippen LogP contribution in [0.2, 0.25) is 0 Å². The average Bonchev–Trinajstić information content (AvgIpc) is 2.51. The largest absolute Gasteiger partial charge is 0.457 e. The molecule has 2 heterocycles. The van der Waals surface area contributed by atoms with Gasteiger partial charge in [0.15, 0.2) is 24.8 Å². The molecule has 5 heteroatoms. The Kier molecular flexibility index (Phi) is 2.23. The van der Waals surface area contributed by atoms with Gasteiger partial charge in [-0.3, -0.25) is 4.79 Å². The molecule has 0 aromatic heterocycles. The molecule has 2 rings (SSSR count). The number of hydrogen-bond donors (Lipinski definition) is 0. The van der Waals surface area contributed by atoms with Crippen molar-refractivity contribution in [2.24, 2.45) is 0 Å². The van der Waals surface area contributed by atoms with Crippen LogP contribution in [0.3, 0.4) is 0 Å². The van der Waals surface area contributed by atoms with Gasteiger partial charge in [0.2, 0.25) is 0 Å². The van der Waals surface area contributed by atoms with Gasteiger partial charge in [-0.1, -0.05) is 0 Å². The van der Waals surface area contributed by atoms with Crippen LogP contribution in [0.5, 0.6) is 0 Å². The SMILES string of the molecule is CC(=O)OC1COC2OC(C)OC12. The zero-order valence-corrected chi connectivity index (χ0v) is 7.56. The molecule has 0 aliphatic carbocycles. The Morgan fingerprint density at radius 2 is 2.23 bits per heavy atom. The maximum Gasteiger partial charge on any atom is 0.303 e. The standard InChI is InChI=1S/C8H12O5/c1-4(9)11-6-3-10-8-7(6)12-5(2)13-8/h5-8H,3H2,1-2H3. The summed E-state index contributed by atoms with van der Waals surface area (Å²) in [5, 5.41) is 0. The number of ether oxygens (including phenoxy) is 4. The summed E-state index contributed by atoms with van der Waals surface area (Å²) in [7, 11) is 0. The fraction of sp³-hybridized carbons (Fsp3) is 0.875. The number of carbonyl (C=O) groups excluding carboxylic acids is 1. The number of rotatable bonds is 1. The van der Waals surface area contributed by atoms with Crippen molar-refractivity contribution in [2.45, 2.75) is 38.6 Å². The minimum Gasteiger partial charge on any atom is -0.457 e. The van der Waals surface area contributed by atoms with Gasteiger partial charge >= 0.3 is 5.97 Å². The van der Waals surface area contributed by atoms with Crippen molar-refractivity contribution >= 4 is 5.97 Å². The molecule has 0 saturated carbocycles. The highest BCUT2D eigenvalue weighted by Gasteiger charge is 2.47. The molecule has 2 saturated heterocycles. The number of carbonyl (C=O) groups is 1. The van der Waals surface area contributed by atoms with E-state index in [1.54, 1.807) is 6.92 Å². The molecule has 0 amide bonds. The highest BCUT2D eigenvalue weighted by molar-refractivity contribution is 5.66. The summed E-state index contributed by atoms with van der Waals surface area (Å²) in [6.07, 6.45) is -1.25. The van der Waals surface area contributed by atoms with E-state index in [1.807, 2.05) is 0 Å². The molecule has 13 heavy (non-hydrogen) atoms. The Bertz CT molecular complexity index is 217. The van der Waals surface area contributed by atoms with Crippen molar-refractivity contribution < 1.29 is 23.7 Å². The quantitative estimate of drug-likeness (QED) is 0.543. The van der Waals surface area contributed by atoms with Crippen molar-refractivity contribution in [2.75, 3.05) is 6.61 Å². The van der Waals surface area contributed by atoms with Gasteiger partial charge in [0.25, 0.3) is 0 Å². The normalized spacial score (nSPS) is 43.2. The topological polar surface area (TPSA) is 54.0 Å². The van der Waals surface area contributed by atoms with Crippen molar-refractivity contribution in [3.05, 3.63) is 0 Å². The second kappa shape index (κ2) is 3.25. The summed E-state index contributed by atoms with van der Waals surface area (Å²) in [6.45, 7) is 3.50. The van der Waals surface area contributed by atoms with Crippen LogP contribution in [0.4, 0.5) is 0 Å². The molecule has 4 atom stereocenters. The van der Waals surface area contributed by atoms with E-state index in [2.05, 4.69) is 0 Å². The van der Waals surface area contributed by atoms with Crippen LogP contribution >= 0.6 is 0 Å². The van der Waals surface area contributed by atoms with E-state index in [4.69, 9.17) is 18.9 Å². The lowest BCUT2D eigenvalue weighted by molar-refractivity contribution is -0.160. The molecule has 5 nitrogen and oxygen atoms in total. The molecule has 0 spiro atoms. The van der Waals surface area contributed by atoms with Gasteiger partial charge in [-0.2, -0.15) is 0 Å². The second-order valence-electron chi connectivity index (χ2n) is 3.15. The van der Waals surface area contributed by atoms with Crippen molar-refractivity contribution in [1.82, 2.24) is 0 Å². The summed E-state index contributed by atoms with van der Waals surface area (Å²) in [6, 6.07) is 0. The van der Waals surface area contributed by atoms with Gasteiger partial charge in [0.1, 0.15) is 0 Å². The van der Waals surface area contributed by atoms with Crippen LogP contribution in [-0.2, 0) is 23.7 Å².